The number of rotatable bonds is 3. The van der Waals surface area contributed by atoms with Crippen molar-refractivity contribution in [3.05, 3.63) is 55.4 Å². The number of nitrogens with one attached hydrogen (secondary N) is 1. The second kappa shape index (κ2) is 6.23. The fraction of sp³-hybridized carbons (Fsp3) is 0. The predicted octanol–water partition coefficient (Wildman–Crippen LogP) is 5.32. The molecule has 0 aliphatic heterocycles. The van der Waals surface area contributed by atoms with Gasteiger partial charge in [-0.1, -0.05) is 23.2 Å². The van der Waals surface area contributed by atoms with Gasteiger partial charge in [0.1, 0.15) is 0 Å². The minimum absolute atomic E-state index is 0.104. The first-order valence-electron chi connectivity index (χ1n) is 5.22. The second-order valence-corrected chi connectivity index (χ2v) is 8.02. The maximum absolute atomic E-state index is 12.2. The van der Waals surface area contributed by atoms with Crippen LogP contribution in [0.4, 0.5) is 5.69 Å². The molecular formula is C12H7Br2Cl2NO2S. The first-order chi connectivity index (χ1) is 9.29. The molecule has 0 fully saturated rings. The summed E-state index contributed by atoms with van der Waals surface area (Å²) in [5, 5.41) is 0.859. The Morgan fingerprint density at radius 2 is 1.60 bits per heavy atom. The molecule has 0 unspecified atom stereocenters. The average Bonchev–Trinajstić information content (AvgIpc) is 2.37. The zero-order valence-corrected chi connectivity index (χ0v) is 15.2. The van der Waals surface area contributed by atoms with E-state index in [0.717, 1.165) is 0 Å². The van der Waals surface area contributed by atoms with E-state index in [1.54, 1.807) is 12.1 Å². The maximum atomic E-state index is 12.2. The average molecular weight is 460 g/mol. The molecule has 0 heterocycles. The van der Waals surface area contributed by atoms with Crippen LogP contribution in [0.1, 0.15) is 0 Å². The lowest BCUT2D eigenvalue weighted by molar-refractivity contribution is 0.601. The predicted molar refractivity (Wildman–Crippen MR) is 89.1 cm³/mol. The highest BCUT2D eigenvalue weighted by Gasteiger charge is 2.16. The van der Waals surface area contributed by atoms with E-state index in [4.69, 9.17) is 23.2 Å². The molecule has 0 aliphatic rings. The Labute approximate surface area is 143 Å². The summed E-state index contributed by atoms with van der Waals surface area (Å²) in [6.07, 6.45) is 0. The van der Waals surface area contributed by atoms with E-state index in [9.17, 15) is 8.42 Å². The minimum Gasteiger partial charge on any atom is -0.280 e. The summed E-state index contributed by atoms with van der Waals surface area (Å²) in [6, 6.07) is 9.17. The lowest BCUT2D eigenvalue weighted by Crippen LogP contribution is -2.12. The zero-order valence-electron chi connectivity index (χ0n) is 9.70. The monoisotopic (exact) mass is 457 g/mol. The Hall–Kier alpha value is -0.270. The van der Waals surface area contributed by atoms with Crippen molar-refractivity contribution >= 4 is 70.8 Å². The van der Waals surface area contributed by atoms with Gasteiger partial charge >= 0.3 is 0 Å². The van der Waals surface area contributed by atoms with Gasteiger partial charge < -0.3 is 0 Å². The van der Waals surface area contributed by atoms with E-state index < -0.39 is 10.0 Å². The van der Waals surface area contributed by atoms with Crippen LogP contribution in [0.2, 0.25) is 10.0 Å². The molecule has 20 heavy (non-hydrogen) atoms. The largest absolute Gasteiger partial charge is 0.280 e. The SMILES string of the molecule is O=S(=O)(Nc1ccc(Br)c(Cl)c1)c1ccc(Cl)c(Br)c1. The van der Waals surface area contributed by atoms with Gasteiger partial charge in [-0.3, -0.25) is 4.72 Å². The summed E-state index contributed by atoms with van der Waals surface area (Å²) in [7, 11) is -3.69. The number of hydrogen-bond donors (Lipinski definition) is 1. The Bertz CT molecular complexity index is 766. The summed E-state index contributed by atoms with van der Waals surface area (Å²) < 4.78 is 28.1. The van der Waals surface area contributed by atoms with Crippen LogP contribution in [0.25, 0.3) is 0 Å². The molecule has 0 aromatic heterocycles. The quantitative estimate of drug-likeness (QED) is 0.675. The summed E-state index contributed by atoms with van der Waals surface area (Å²) >= 11 is 18.2. The molecule has 106 valence electrons. The first-order valence-corrected chi connectivity index (χ1v) is 9.05. The van der Waals surface area contributed by atoms with E-state index in [-0.39, 0.29) is 4.90 Å². The molecule has 0 radical (unpaired) electrons. The molecule has 0 saturated heterocycles. The molecule has 0 aliphatic carbocycles. The third kappa shape index (κ3) is 3.68. The van der Waals surface area contributed by atoms with Gasteiger partial charge in [-0.25, -0.2) is 8.42 Å². The summed E-state index contributed by atoms with van der Waals surface area (Å²) in [6.45, 7) is 0. The van der Waals surface area contributed by atoms with Gasteiger partial charge in [-0.2, -0.15) is 0 Å². The van der Waals surface area contributed by atoms with Crippen molar-refractivity contribution in [2.75, 3.05) is 4.72 Å². The molecule has 3 nitrogen and oxygen atoms in total. The summed E-state index contributed by atoms with van der Waals surface area (Å²) in [5.41, 5.74) is 0.379. The minimum atomic E-state index is -3.69. The van der Waals surface area contributed by atoms with Crippen LogP contribution in [0.5, 0.6) is 0 Å². The van der Waals surface area contributed by atoms with E-state index >= 15 is 0 Å². The van der Waals surface area contributed by atoms with Crippen LogP contribution in [-0.2, 0) is 10.0 Å². The van der Waals surface area contributed by atoms with Crippen LogP contribution >= 0.6 is 55.1 Å². The van der Waals surface area contributed by atoms with Crippen molar-refractivity contribution in [3.63, 3.8) is 0 Å². The Morgan fingerprint density at radius 1 is 0.900 bits per heavy atom. The number of halogens is 4. The standard InChI is InChI=1S/C12H7Br2Cl2NO2S/c13-9-3-1-7(5-12(9)16)17-20(18,19)8-2-4-11(15)10(14)6-8/h1-6,17H. The highest BCUT2D eigenvalue weighted by molar-refractivity contribution is 9.10. The number of anilines is 1. The molecular weight excluding hydrogens is 453 g/mol. The third-order valence-electron chi connectivity index (χ3n) is 2.37. The molecule has 0 bridgehead atoms. The van der Waals surface area contributed by atoms with Crippen molar-refractivity contribution in [1.82, 2.24) is 0 Å². The van der Waals surface area contributed by atoms with Crippen LogP contribution in [-0.4, -0.2) is 8.42 Å². The number of benzene rings is 2. The summed E-state index contributed by atoms with van der Waals surface area (Å²) in [5.74, 6) is 0. The molecule has 0 amide bonds. The molecule has 2 aromatic carbocycles. The Balaban J connectivity index is 2.35. The topological polar surface area (TPSA) is 46.2 Å². The summed E-state index contributed by atoms with van der Waals surface area (Å²) in [4.78, 5) is 0.104. The second-order valence-electron chi connectivity index (χ2n) is 3.81. The molecule has 0 spiro atoms. The van der Waals surface area contributed by atoms with Gasteiger partial charge in [-0.05, 0) is 68.3 Å². The normalized spacial score (nSPS) is 11.4. The van der Waals surface area contributed by atoms with Crippen molar-refractivity contribution in [3.8, 4) is 0 Å². The highest BCUT2D eigenvalue weighted by atomic mass is 79.9. The van der Waals surface area contributed by atoms with Gasteiger partial charge in [-0.15, -0.1) is 0 Å². The molecule has 2 aromatic rings. The Morgan fingerprint density at radius 3 is 2.20 bits per heavy atom. The molecule has 8 heteroatoms. The Kier molecular flexibility index (Phi) is 5.02. The van der Waals surface area contributed by atoms with Crippen molar-refractivity contribution < 1.29 is 8.42 Å². The molecule has 0 saturated carbocycles. The van der Waals surface area contributed by atoms with Gasteiger partial charge in [0.25, 0.3) is 10.0 Å². The third-order valence-corrected chi connectivity index (χ3v) is 6.20. The van der Waals surface area contributed by atoms with Crippen molar-refractivity contribution in [2.45, 2.75) is 4.90 Å². The lowest BCUT2D eigenvalue weighted by atomic mass is 10.3. The fourth-order valence-electron chi connectivity index (χ4n) is 1.42. The lowest BCUT2D eigenvalue weighted by Gasteiger charge is -2.09. The van der Waals surface area contributed by atoms with E-state index in [1.165, 1.54) is 24.3 Å². The van der Waals surface area contributed by atoms with Gasteiger partial charge in [0.2, 0.25) is 0 Å². The van der Waals surface area contributed by atoms with Gasteiger partial charge in [0, 0.05) is 8.95 Å². The van der Waals surface area contributed by atoms with E-state index in [2.05, 4.69) is 36.6 Å². The van der Waals surface area contributed by atoms with Crippen LogP contribution < -0.4 is 4.72 Å². The fourth-order valence-corrected chi connectivity index (χ4v) is 3.57. The van der Waals surface area contributed by atoms with Gasteiger partial charge in [0.05, 0.1) is 20.6 Å². The van der Waals surface area contributed by atoms with Gasteiger partial charge in [0.15, 0.2) is 0 Å². The smallest absolute Gasteiger partial charge is 0.261 e. The van der Waals surface area contributed by atoms with Crippen molar-refractivity contribution in [2.24, 2.45) is 0 Å². The van der Waals surface area contributed by atoms with E-state index in [1.807, 2.05) is 0 Å². The molecule has 1 N–H and O–H groups in total. The number of sulfonamides is 1. The first kappa shape index (κ1) is 16.1. The molecule has 0 atom stereocenters. The van der Waals surface area contributed by atoms with E-state index in [0.29, 0.717) is 24.7 Å². The van der Waals surface area contributed by atoms with Crippen LogP contribution in [0.3, 0.4) is 0 Å². The molecule has 2 rings (SSSR count). The maximum Gasteiger partial charge on any atom is 0.261 e. The zero-order chi connectivity index (χ0) is 14.9. The van der Waals surface area contributed by atoms with Crippen molar-refractivity contribution in [1.29, 1.82) is 0 Å². The van der Waals surface area contributed by atoms with Crippen LogP contribution in [0.15, 0.2) is 50.2 Å². The number of hydrogen-bond acceptors (Lipinski definition) is 2. The highest BCUT2D eigenvalue weighted by Crippen LogP contribution is 2.29. The van der Waals surface area contributed by atoms with Crippen LogP contribution in [0, 0.1) is 0 Å².